The molecular weight excluding hydrogens is 341 g/mol. The van der Waals surface area contributed by atoms with Crippen LogP contribution in [0.4, 0.5) is 4.39 Å². The molecule has 4 nitrogen and oxygen atoms in total. The van der Waals surface area contributed by atoms with E-state index in [2.05, 4.69) is 34.2 Å². The van der Waals surface area contributed by atoms with Crippen LogP contribution < -0.4 is 0 Å². The van der Waals surface area contributed by atoms with Gasteiger partial charge in [-0.3, -0.25) is 9.69 Å². The molecule has 1 aliphatic heterocycles. The molecule has 1 fully saturated rings. The number of nitrogens with one attached hydrogen (secondary N) is 1. The van der Waals surface area contributed by atoms with Gasteiger partial charge in [0.05, 0.1) is 0 Å². The number of aromatic amines is 1. The van der Waals surface area contributed by atoms with Crippen molar-refractivity contribution in [3.05, 3.63) is 77.7 Å². The van der Waals surface area contributed by atoms with Gasteiger partial charge in [-0.1, -0.05) is 48.6 Å². The van der Waals surface area contributed by atoms with Gasteiger partial charge in [0.25, 0.3) is 5.91 Å². The Morgan fingerprint density at radius 3 is 2.56 bits per heavy atom. The van der Waals surface area contributed by atoms with E-state index in [4.69, 9.17) is 0 Å². The average Bonchev–Trinajstić information content (AvgIpc) is 3.15. The summed E-state index contributed by atoms with van der Waals surface area (Å²) in [5.41, 5.74) is 2.30. The molecule has 0 spiro atoms. The van der Waals surface area contributed by atoms with Crippen molar-refractivity contribution in [2.75, 3.05) is 32.7 Å². The molecule has 1 amide bonds. The quantitative estimate of drug-likeness (QED) is 0.766. The summed E-state index contributed by atoms with van der Waals surface area (Å²) in [6, 6.07) is 16.7. The molecule has 5 heteroatoms. The van der Waals surface area contributed by atoms with Crippen molar-refractivity contribution >= 4 is 22.9 Å². The molecule has 1 N–H and O–H groups in total. The number of halogens is 1. The maximum atomic E-state index is 13.8. The smallest absolute Gasteiger partial charge is 0.270 e. The highest BCUT2D eigenvalue weighted by molar-refractivity contribution is 5.98. The Hall–Kier alpha value is -2.92. The van der Waals surface area contributed by atoms with E-state index in [1.807, 2.05) is 23.1 Å². The summed E-state index contributed by atoms with van der Waals surface area (Å²) in [5.74, 6) is -0.372. The standard InChI is InChI=1S/C22H22FN3O/c23-19-9-4-10-20-18(19)16-21(24-20)22(27)26-14-12-25(13-15-26)11-5-8-17-6-2-1-3-7-17/h1-10,16,24H,11-15H2. The molecule has 4 rings (SSSR count). The second kappa shape index (κ2) is 7.76. The lowest BCUT2D eigenvalue weighted by Crippen LogP contribution is -2.48. The summed E-state index contributed by atoms with van der Waals surface area (Å²) in [4.78, 5) is 19.9. The summed E-state index contributed by atoms with van der Waals surface area (Å²) in [7, 11) is 0. The van der Waals surface area contributed by atoms with Crippen LogP contribution in [0.3, 0.4) is 0 Å². The molecule has 0 bridgehead atoms. The Kier molecular flexibility index (Phi) is 5.03. The van der Waals surface area contributed by atoms with E-state index < -0.39 is 0 Å². The number of fused-ring (bicyclic) bond motifs is 1. The molecule has 1 aliphatic rings. The van der Waals surface area contributed by atoms with Gasteiger partial charge in [0, 0.05) is 43.6 Å². The summed E-state index contributed by atoms with van der Waals surface area (Å²) in [5, 5.41) is 0.463. The van der Waals surface area contributed by atoms with Gasteiger partial charge in [0.1, 0.15) is 11.5 Å². The van der Waals surface area contributed by atoms with Crippen molar-refractivity contribution in [3.63, 3.8) is 0 Å². The number of hydrogen-bond donors (Lipinski definition) is 1. The summed E-state index contributed by atoms with van der Waals surface area (Å²) < 4.78 is 13.8. The molecule has 0 atom stereocenters. The van der Waals surface area contributed by atoms with Crippen LogP contribution in [0.1, 0.15) is 16.1 Å². The van der Waals surface area contributed by atoms with E-state index in [1.165, 1.54) is 11.6 Å². The Morgan fingerprint density at radius 2 is 1.81 bits per heavy atom. The van der Waals surface area contributed by atoms with Gasteiger partial charge >= 0.3 is 0 Å². The monoisotopic (exact) mass is 363 g/mol. The van der Waals surface area contributed by atoms with Crippen molar-refractivity contribution in [2.24, 2.45) is 0 Å². The number of nitrogens with zero attached hydrogens (tertiary/aromatic N) is 2. The number of hydrogen-bond acceptors (Lipinski definition) is 2. The lowest BCUT2D eigenvalue weighted by Gasteiger charge is -2.33. The van der Waals surface area contributed by atoms with Gasteiger partial charge in [-0.2, -0.15) is 0 Å². The summed E-state index contributed by atoms with van der Waals surface area (Å²) in [6.07, 6.45) is 4.28. The van der Waals surface area contributed by atoms with Crippen LogP contribution >= 0.6 is 0 Å². The Labute approximate surface area is 157 Å². The zero-order chi connectivity index (χ0) is 18.6. The molecule has 0 unspecified atom stereocenters. The fraction of sp³-hybridized carbons (Fsp3) is 0.227. The molecule has 0 radical (unpaired) electrons. The van der Waals surface area contributed by atoms with Gasteiger partial charge in [0.15, 0.2) is 0 Å². The zero-order valence-electron chi connectivity index (χ0n) is 15.1. The molecule has 2 heterocycles. The number of rotatable bonds is 4. The number of benzene rings is 2. The Bertz CT molecular complexity index is 956. The minimum absolute atomic E-state index is 0.0647. The average molecular weight is 363 g/mol. The Morgan fingerprint density at radius 1 is 1.04 bits per heavy atom. The van der Waals surface area contributed by atoms with Gasteiger partial charge < -0.3 is 9.88 Å². The maximum Gasteiger partial charge on any atom is 0.270 e. The first-order chi connectivity index (χ1) is 13.2. The van der Waals surface area contributed by atoms with Crippen LogP contribution in [0, 0.1) is 5.82 Å². The predicted octanol–water partition coefficient (Wildman–Crippen LogP) is 3.78. The summed E-state index contributed by atoms with van der Waals surface area (Å²) >= 11 is 0. The van der Waals surface area contributed by atoms with E-state index in [1.54, 1.807) is 18.2 Å². The van der Waals surface area contributed by atoms with Gasteiger partial charge in [-0.05, 0) is 23.8 Å². The van der Waals surface area contributed by atoms with Crippen LogP contribution in [0.5, 0.6) is 0 Å². The number of H-pyrrole nitrogens is 1. The lowest BCUT2D eigenvalue weighted by molar-refractivity contribution is 0.0645. The first-order valence-electron chi connectivity index (χ1n) is 9.21. The minimum Gasteiger partial charge on any atom is -0.350 e. The number of piperazine rings is 1. The van der Waals surface area contributed by atoms with Crippen LogP contribution in [0.15, 0.2) is 60.7 Å². The number of aromatic nitrogens is 1. The third-order valence-corrected chi connectivity index (χ3v) is 4.97. The molecule has 1 saturated heterocycles. The minimum atomic E-state index is -0.308. The van der Waals surface area contributed by atoms with Crippen LogP contribution in [0.25, 0.3) is 17.0 Å². The molecule has 27 heavy (non-hydrogen) atoms. The highest BCUT2D eigenvalue weighted by atomic mass is 19.1. The summed E-state index contributed by atoms with van der Waals surface area (Å²) in [6.45, 7) is 3.89. The molecule has 3 aromatic rings. The van der Waals surface area contributed by atoms with Crippen molar-refractivity contribution in [3.8, 4) is 0 Å². The maximum absolute atomic E-state index is 13.8. The van der Waals surface area contributed by atoms with E-state index in [-0.39, 0.29) is 11.7 Å². The second-order valence-corrected chi connectivity index (χ2v) is 6.79. The third kappa shape index (κ3) is 3.93. The van der Waals surface area contributed by atoms with Gasteiger partial charge in [-0.15, -0.1) is 0 Å². The predicted molar refractivity (Wildman–Crippen MR) is 106 cm³/mol. The SMILES string of the molecule is O=C(c1cc2c(F)cccc2[nH]1)N1CCN(CC=Cc2ccccc2)CC1. The second-order valence-electron chi connectivity index (χ2n) is 6.79. The zero-order valence-corrected chi connectivity index (χ0v) is 15.1. The van der Waals surface area contributed by atoms with Crippen LogP contribution in [-0.4, -0.2) is 53.4 Å². The normalized spacial score (nSPS) is 15.7. The van der Waals surface area contributed by atoms with E-state index in [0.717, 1.165) is 19.6 Å². The first-order valence-corrected chi connectivity index (χ1v) is 9.21. The molecule has 1 aromatic heterocycles. The van der Waals surface area contributed by atoms with Crippen LogP contribution in [-0.2, 0) is 0 Å². The van der Waals surface area contributed by atoms with E-state index >= 15 is 0 Å². The van der Waals surface area contributed by atoms with Gasteiger partial charge in [-0.25, -0.2) is 4.39 Å². The molecule has 138 valence electrons. The van der Waals surface area contributed by atoms with Crippen molar-refractivity contribution in [2.45, 2.75) is 0 Å². The van der Waals surface area contributed by atoms with E-state index in [9.17, 15) is 9.18 Å². The van der Waals surface area contributed by atoms with Crippen molar-refractivity contribution < 1.29 is 9.18 Å². The number of carbonyl (C=O) groups is 1. The molecule has 2 aromatic carbocycles. The highest BCUT2D eigenvalue weighted by Gasteiger charge is 2.23. The lowest BCUT2D eigenvalue weighted by atomic mass is 10.2. The fourth-order valence-corrected chi connectivity index (χ4v) is 3.44. The fourth-order valence-electron chi connectivity index (χ4n) is 3.44. The third-order valence-electron chi connectivity index (χ3n) is 4.97. The largest absolute Gasteiger partial charge is 0.350 e. The van der Waals surface area contributed by atoms with E-state index in [0.29, 0.717) is 29.7 Å². The molecule has 0 saturated carbocycles. The Balaban J connectivity index is 1.33. The van der Waals surface area contributed by atoms with Crippen LogP contribution in [0.2, 0.25) is 0 Å². The van der Waals surface area contributed by atoms with Gasteiger partial charge in [0.2, 0.25) is 0 Å². The topological polar surface area (TPSA) is 39.3 Å². The highest BCUT2D eigenvalue weighted by Crippen LogP contribution is 2.20. The molecular formula is C22H22FN3O. The first kappa shape index (κ1) is 17.5. The number of amides is 1. The molecule has 0 aliphatic carbocycles. The number of carbonyl (C=O) groups excluding carboxylic acids is 1. The van der Waals surface area contributed by atoms with Crippen molar-refractivity contribution in [1.29, 1.82) is 0 Å². The van der Waals surface area contributed by atoms with Crippen molar-refractivity contribution in [1.82, 2.24) is 14.8 Å².